The third-order valence-electron chi connectivity index (χ3n) is 8.15. The minimum Gasteiger partial charge on any atom is -0.396 e. The van der Waals surface area contributed by atoms with Crippen LogP contribution in [0, 0.1) is 23.7 Å². The van der Waals surface area contributed by atoms with Gasteiger partial charge in [-0.05, 0) is 76.0 Å². The highest BCUT2D eigenvalue weighted by Gasteiger charge is 2.48. The first kappa shape index (κ1) is 25.0. The highest BCUT2D eigenvalue weighted by molar-refractivity contribution is 8.03. The zero-order valence-corrected chi connectivity index (χ0v) is 21.6. The van der Waals surface area contributed by atoms with Crippen molar-refractivity contribution in [3.63, 3.8) is 0 Å². The predicted molar refractivity (Wildman–Crippen MR) is 134 cm³/mol. The minimum absolute atomic E-state index is 0.279. The van der Waals surface area contributed by atoms with Gasteiger partial charge in [-0.15, -0.1) is 11.8 Å². The molecule has 3 rings (SSSR count). The van der Waals surface area contributed by atoms with Gasteiger partial charge in [-0.3, -0.25) is 4.90 Å². The van der Waals surface area contributed by atoms with E-state index in [2.05, 4.69) is 88.1 Å². The summed E-state index contributed by atoms with van der Waals surface area (Å²) < 4.78 is 0. The zero-order valence-electron chi connectivity index (χ0n) is 20.7. The molecule has 3 N–H and O–H groups in total. The van der Waals surface area contributed by atoms with Crippen LogP contribution in [0.25, 0.3) is 0 Å². The standard InChI is InChI=1S/C26H45N3OS/c1-8-17(3)23(10-9-15-30)25-28-27-21(7)29(25)26-24(18(4)20(6)31-26)19(5)22-13-11-16(2)12-14-22/h11,13,17,19,21,23-28,30H,8-10,12,14-15H2,1-7H3. The maximum atomic E-state index is 9.52. The molecule has 31 heavy (non-hydrogen) atoms. The summed E-state index contributed by atoms with van der Waals surface area (Å²) in [5.74, 6) is 2.22. The fourth-order valence-electron chi connectivity index (χ4n) is 5.72. The fourth-order valence-corrected chi connectivity index (χ4v) is 7.42. The lowest BCUT2D eigenvalue weighted by Crippen LogP contribution is -2.52. The lowest BCUT2D eigenvalue weighted by Gasteiger charge is -2.42. The Kier molecular flexibility index (Phi) is 8.90. The molecule has 1 saturated heterocycles. The number of aliphatic hydroxyl groups is 1. The van der Waals surface area contributed by atoms with Crippen LogP contribution in [0.2, 0.25) is 0 Å². The van der Waals surface area contributed by atoms with E-state index in [0.717, 1.165) is 12.8 Å². The second kappa shape index (κ2) is 11.0. The number of nitrogens with zero attached hydrogens (tertiary/aromatic N) is 1. The molecule has 0 spiro atoms. The first-order valence-electron chi connectivity index (χ1n) is 12.4. The van der Waals surface area contributed by atoms with E-state index in [-0.39, 0.29) is 6.61 Å². The maximum Gasteiger partial charge on any atom is 0.0783 e. The number of hydrazine groups is 1. The topological polar surface area (TPSA) is 47.5 Å². The molecule has 2 heterocycles. The zero-order chi connectivity index (χ0) is 22.7. The molecule has 176 valence electrons. The number of nitrogens with one attached hydrogen (secondary N) is 2. The molecule has 0 aromatic heterocycles. The highest BCUT2D eigenvalue weighted by Crippen LogP contribution is 2.51. The van der Waals surface area contributed by atoms with Crippen LogP contribution in [0.4, 0.5) is 0 Å². The van der Waals surface area contributed by atoms with Crippen LogP contribution in [0.15, 0.2) is 33.8 Å². The van der Waals surface area contributed by atoms with Gasteiger partial charge in [-0.1, -0.05) is 56.1 Å². The number of aliphatic hydroxyl groups excluding tert-OH is 1. The van der Waals surface area contributed by atoms with E-state index in [1.165, 1.54) is 29.7 Å². The summed E-state index contributed by atoms with van der Waals surface area (Å²) in [6, 6.07) is 0. The van der Waals surface area contributed by atoms with Crippen molar-refractivity contribution < 1.29 is 5.11 Å². The minimum atomic E-state index is 0.279. The Balaban J connectivity index is 1.89. The number of allylic oxidation sites excluding steroid dienone is 5. The lowest BCUT2D eigenvalue weighted by molar-refractivity contribution is 0.0715. The van der Waals surface area contributed by atoms with Crippen molar-refractivity contribution in [1.29, 1.82) is 0 Å². The van der Waals surface area contributed by atoms with E-state index in [4.69, 9.17) is 0 Å². The van der Waals surface area contributed by atoms with E-state index in [9.17, 15) is 5.11 Å². The number of hydrogen-bond acceptors (Lipinski definition) is 5. The molecule has 1 aliphatic carbocycles. The normalized spacial score (nSPS) is 32.8. The van der Waals surface area contributed by atoms with Crippen molar-refractivity contribution in [2.24, 2.45) is 23.7 Å². The van der Waals surface area contributed by atoms with Gasteiger partial charge in [0.25, 0.3) is 0 Å². The largest absolute Gasteiger partial charge is 0.396 e. The van der Waals surface area contributed by atoms with Gasteiger partial charge in [0, 0.05) is 12.5 Å². The van der Waals surface area contributed by atoms with Gasteiger partial charge in [0.05, 0.1) is 17.7 Å². The molecule has 0 radical (unpaired) electrons. The van der Waals surface area contributed by atoms with Crippen molar-refractivity contribution in [3.05, 3.63) is 33.8 Å². The average molecular weight is 448 g/mol. The van der Waals surface area contributed by atoms with Crippen LogP contribution in [0.1, 0.15) is 80.6 Å². The van der Waals surface area contributed by atoms with Gasteiger partial charge in [0.15, 0.2) is 0 Å². The van der Waals surface area contributed by atoms with Crippen LogP contribution < -0.4 is 10.9 Å². The molecule has 2 aliphatic heterocycles. The van der Waals surface area contributed by atoms with Crippen molar-refractivity contribution >= 4 is 11.8 Å². The van der Waals surface area contributed by atoms with Crippen molar-refractivity contribution in [3.8, 4) is 0 Å². The molecule has 0 saturated carbocycles. The molecular formula is C26H45N3OS. The molecule has 1 fully saturated rings. The molecule has 7 unspecified atom stereocenters. The van der Waals surface area contributed by atoms with Crippen LogP contribution >= 0.6 is 11.8 Å². The van der Waals surface area contributed by atoms with Crippen molar-refractivity contribution in [1.82, 2.24) is 15.8 Å². The smallest absolute Gasteiger partial charge is 0.0783 e. The van der Waals surface area contributed by atoms with Crippen molar-refractivity contribution in [2.45, 2.75) is 98.3 Å². The molecule has 5 heteroatoms. The number of hydrogen-bond donors (Lipinski definition) is 3. The molecule has 7 atom stereocenters. The Bertz CT molecular complexity index is 715. The van der Waals surface area contributed by atoms with Gasteiger partial charge in [-0.25, -0.2) is 10.9 Å². The SMILES string of the molecule is CCC(C)C(CCCO)C1NNC(C)N1C1SC(C)=C(C)C1C(C)C1=CC=C(C)CC1. The Morgan fingerprint density at radius 1 is 1.16 bits per heavy atom. The highest BCUT2D eigenvalue weighted by atomic mass is 32.2. The van der Waals surface area contributed by atoms with Gasteiger partial charge in [0.2, 0.25) is 0 Å². The summed E-state index contributed by atoms with van der Waals surface area (Å²) in [4.78, 5) is 4.23. The van der Waals surface area contributed by atoms with Gasteiger partial charge < -0.3 is 5.11 Å². The van der Waals surface area contributed by atoms with E-state index in [1.54, 1.807) is 11.1 Å². The quantitative estimate of drug-likeness (QED) is 0.418. The summed E-state index contributed by atoms with van der Waals surface area (Å²) >= 11 is 2.07. The first-order valence-corrected chi connectivity index (χ1v) is 13.3. The molecule has 0 aromatic rings. The molecular weight excluding hydrogens is 402 g/mol. The molecule has 0 bridgehead atoms. The summed E-state index contributed by atoms with van der Waals surface area (Å²) in [7, 11) is 0. The van der Waals surface area contributed by atoms with Gasteiger partial charge >= 0.3 is 0 Å². The fraction of sp³-hybridized carbons (Fsp3) is 0.769. The summed E-state index contributed by atoms with van der Waals surface area (Å²) in [5, 5.41) is 9.95. The van der Waals surface area contributed by atoms with Crippen LogP contribution in [-0.2, 0) is 0 Å². The van der Waals surface area contributed by atoms with E-state index in [1.807, 2.05) is 0 Å². The Morgan fingerprint density at radius 3 is 2.52 bits per heavy atom. The molecule has 0 aromatic carbocycles. The Hall–Kier alpha value is -0.590. The van der Waals surface area contributed by atoms with Gasteiger partial charge in [0.1, 0.15) is 0 Å². The molecule has 4 nitrogen and oxygen atoms in total. The maximum absolute atomic E-state index is 9.52. The van der Waals surface area contributed by atoms with Crippen LogP contribution in [-0.4, -0.2) is 34.3 Å². The molecule has 3 aliphatic rings. The second-order valence-corrected chi connectivity index (χ2v) is 11.4. The number of rotatable bonds is 9. The predicted octanol–water partition coefficient (Wildman–Crippen LogP) is 5.79. The van der Waals surface area contributed by atoms with E-state index in [0.29, 0.717) is 41.4 Å². The Labute approximate surface area is 195 Å². The monoisotopic (exact) mass is 447 g/mol. The third kappa shape index (κ3) is 5.33. The van der Waals surface area contributed by atoms with Gasteiger partial charge in [-0.2, -0.15) is 0 Å². The van der Waals surface area contributed by atoms with Crippen molar-refractivity contribution in [2.75, 3.05) is 6.61 Å². The second-order valence-electron chi connectivity index (χ2n) is 10.1. The van der Waals surface area contributed by atoms with Crippen LogP contribution in [0.3, 0.4) is 0 Å². The first-order chi connectivity index (χ1) is 14.8. The third-order valence-corrected chi connectivity index (χ3v) is 9.61. The summed E-state index contributed by atoms with van der Waals surface area (Å²) in [6.45, 7) is 16.6. The summed E-state index contributed by atoms with van der Waals surface area (Å²) in [6.07, 6.45) is 10.8. The number of thioether (sulfide) groups is 1. The Morgan fingerprint density at radius 2 is 1.90 bits per heavy atom. The summed E-state index contributed by atoms with van der Waals surface area (Å²) in [5.41, 5.74) is 11.9. The van der Waals surface area contributed by atoms with Crippen LogP contribution in [0.5, 0.6) is 0 Å². The molecule has 0 amide bonds. The lowest BCUT2D eigenvalue weighted by atomic mass is 9.78. The average Bonchev–Trinajstić information content (AvgIpc) is 3.27. The van der Waals surface area contributed by atoms with E-state index >= 15 is 0 Å². The van der Waals surface area contributed by atoms with E-state index < -0.39 is 0 Å².